The Morgan fingerprint density at radius 1 is 1.26 bits per heavy atom. The lowest BCUT2D eigenvalue weighted by Gasteiger charge is -2.21. The van der Waals surface area contributed by atoms with Gasteiger partial charge in [0.15, 0.2) is 0 Å². The first-order valence-electron chi connectivity index (χ1n) is 7.53. The van der Waals surface area contributed by atoms with Gasteiger partial charge in [-0.1, -0.05) is 20.3 Å². The molecule has 1 saturated heterocycles. The van der Waals surface area contributed by atoms with Gasteiger partial charge >= 0.3 is 0 Å². The molecule has 0 bridgehead atoms. The molecule has 19 heavy (non-hydrogen) atoms. The summed E-state index contributed by atoms with van der Waals surface area (Å²) in [6, 6.07) is 0. The molecule has 0 aliphatic carbocycles. The number of anilines is 2. The van der Waals surface area contributed by atoms with E-state index >= 15 is 0 Å². The van der Waals surface area contributed by atoms with E-state index in [0.29, 0.717) is 5.82 Å². The third kappa shape index (κ3) is 3.17. The normalized spacial score (nSPS) is 19.1. The highest BCUT2D eigenvalue weighted by Gasteiger charge is 2.25. The van der Waals surface area contributed by atoms with E-state index < -0.39 is 0 Å². The van der Waals surface area contributed by atoms with Crippen molar-refractivity contribution in [2.24, 2.45) is 5.92 Å². The van der Waals surface area contributed by atoms with Crippen LogP contribution in [0.5, 0.6) is 0 Å². The molecule has 4 heteroatoms. The molecule has 106 valence electrons. The first kappa shape index (κ1) is 14.1. The zero-order valence-corrected chi connectivity index (χ0v) is 12.4. The Balaban J connectivity index is 2.19. The molecule has 0 radical (unpaired) electrons. The Hall–Kier alpha value is -1.32. The summed E-state index contributed by atoms with van der Waals surface area (Å²) < 4.78 is 0. The van der Waals surface area contributed by atoms with Gasteiger partial charge in [0.05, 0.1) is 0 Å². The number of nitrogens with zero attached hydrogens (tertiary/aromatic N) is 3. The zero-order chi connectivity index (χ0) is 13.8. The minimum atomic E-state index is 0.646. The molecule has 1 aliphatic heterocycles. The van der Waals surface area contributed by atoms with Crippen molar-refractivity contribution in [2.75, 3.05) is 23.7 Å². The van der Waals surface area contributed by atoms with Crippen molar-refractivity contribution in [1.82, 2.24) is 9.97 Å². The average Bonchev–Trinajstić information content (AvgIpc) is 2.83. The summed E-state index contributed by atoms with van der Waals surface area (Å²) in [5.41, 5.74) is 7.07. The second kappa shape index (κ2) is 6.22. The average molecular weight is 262 g/mol. The van der Waals surface area contributed by atoms with Crippen LogP contribution in [-0.4, -0.2) is 23.1 Å². The van der Waals surface area contributed by atoms with Crippen molar-refractivity contribution in [2.45, 2.75) is 52.9 Å². The van der Waals surface area contributed by atoms with Crippen LogP contribution in [0.3, 0.4) is 0 Å². The van der Waals surface area contributed by atoms with E-state index in [1.54, 1.807) is 0 Å². The van der Waals surface area contributed by atoms with Crippen LogP contribution in [0.4, 0.5) is 11.6 Å². The summed E-state index contributed by atoms with van der Waals surface area (Å²) in [5.74, 6) is 3.41. The van der Waals surface area contributed by atoms with E-state index in [4.69, 9.17) is 10.7 Å². The van der Waals surface area contributed by atoms with E-state index in [9.17, 15) is 0 Å². The van der Waals surface area contributed by atoms with Gasteiger partial charge in [-0.3, -0.25) is 0 Å². The summed E-state index contributed by atoms with van der Waals surface area (Å²) in [4.78, 5) is 11.5. The molecule has 1 aromatic heterocycles. The molecule has 1 aliphatic rings. The Morgan fingerprint density at radius 3 is 2.74 bits per heavy atom. The topological polar surface area (TPSA) is 55.0 Å². The number of aromatic nitrogens is 2. The highest BCUT2D eigenvalue weighted by Crippen LogP contribution is 2.29. The molecule has 0 amide bonds. The SMILES string of the molecule is CCCc1nc(N)c(C)c(N2CCC(CCC)C2)n1. The van der Waals surface area contributed by atoms with E-state index in [1.165, 1.54) is 19.3 Å². The van der Waals surface area contributed by atoms with Crippen molar-refractivity contribution in [1.29, 1.82) is 0 Å². The molecule has 2 rings (SSSR count). The molecule has 4 nitrogen and oxygen atoms in total. The Kier molecular flexibility index (Phi) is 4.61. The molecule has 0 saturated carbocycles. The van der Waals surface area contributed by atoms with Gasteiger partial charge in [-0.25, -0.2) is 9.97 Å². The van der Waals surface area contributed by atoms with Crippen LogP contribution in [0.25, 0.3) is 0 Å². The van der Waals surface area contributed by atoms with E-state index in [0.717, 1.165) is 49.1 Å². The molecule has 1 aromatic rings. The molecule has 1 atom stereocenters. The van der Waals surface area contributed by atoms with Gasteiger partial charge in [-0.05, 0) is 32.1 Å². The Labute approximate surface area is 116 Å². The maximum absolute atomic E-state index is 6.03. The molecular formula is C15H26N4. The van der Waals surface area contributed by atoms with Crippen LogP contribution in [0.15, 0.2) is 0 Å². The molecule has 2 N–H and O–H groups in total. The van der Waals surface area contributed by atoms with Crippen molar-refractivity contribution in [3.63, 3.8) is 0 Å². The summed E-state index contributed by atoms with van der Waals surface area (Å²) in [6.45, 7) is 8.67. The standard InChI is InChI=1S/C15H26N4/c1-4-6-12-8-9-19(10-12)15-11(3)14(16)17-13(18-15)7-5-2/h12H,4-10H2,1-3H3,(H2,16,17,18). The van der Waals surface area contributed by atoms with Gasteiger partial charge in [0.1, 0.15) is 17.5 Å². The van der Waals surface area contributed by atoms with Gasteiger partial charge in [0.2, 0.25) is 0 Å². The molecule has 0 aromatic carbocycles. The van der Waals surface area contributed by atoms with Gasteiger partial charge in [-0.2, -0.15) is 0 Å². The first-order valence-corrected chi connectivity index (χ1v) is 7.53. The van der Waals surface area contributed by atoms with E-state index in [-0.39, 0.29) is 0 Å². The fourth-order valence-corrected chi connectivity index (χ4v) is 2.88. The van der Waals surface area contributed by atoms with Crippen LogP contribution in [0, 0.1) is 12.8 Å². The number of hydrogen-bond acceptors (Lipinski definition) is 4. The number of nitrogens with two attached hydrogens (primary N) is 1. The lowest BCUT2D eigenvalue weighted by molar-refractivity contribution is 0.529. The minimum Gasteiger partial charge on any atom is -0.383 e. The van der Waals surface area contributed by atoms with Crippen molar-refractivity contribution >= 4 is 11.6 Å². The van der Waals surface area contributed by atoms with Gasteiger partial charge in [0, 0.05) is 25.1 Å². The number of aryl methyl sites for hydroxylation is 1. The summed E-state index contributed by atoms with van der Waals surface area (Å²) in [6.07, 6.45) is 5.83. The minimum absolute atomic E-state index is 0.646. The maximum atomic E-state index is 6.03. The highest BCUT2D eigenvalue weighted by molar-refractivity contribution is 5.57. The van der Waals surface area contributed by atoms with Crippen LogP contribution < -0.4 is 10.6 Å². The van der Waals surface area contributed by atoms with Crippen LogP contribution >= 0.6 is 0 Å². The molecule has 1 fully saturated rings. The number of hydrogen-bond donors (Lipinski definition) is 1. The monoisotopic (exact) mass is 262 g/mol. The number of nitrogen functional groups attached to an aromatic ring is 1. The Bertz CT molecular complexity index is 430. The largest absolute Gasteiger partial charge is 0.383 e. The fourth-order valence-electron chi connectivity index (χ4n) is 2.88. The molecule has 0 spiro atoms. The summed E-state index contributed by atoms with van der Waals surface area (Å²) >= 11 is 0. The lowest BCUT2D eigenvalue weighted by Crippen LogP contribution is -2.23. The highest BCUT2D eigenvalue weighted by atomic mass is 15.2. The zero-order valence-electron chi connectivity index (χ0n) is 12.4. The Morgan fingerprint density at radius 2 is 2.05 bits per heavy atom. The van der Waals surface area contributed by atoms with Crippen molar-refractivity contribution in [3.8, 4) is 0 Å². The molecular weight excluding hydrogens is 236 g/mol. The summed E-state index contributed by atoms with van der Waals surface area (Å²) in [7, 11) is 0. The number of rotatable bonds is 5. The van der Waals surface area contributed by atoms with Crippen LogP contribution in [-0.2, 0) is 6.42 Å². The van der Waals surface area contributed by atoms with E-state index in [2.05, 4.69) is 23.7 Å². The predicted octanol–water partition coefficient (Wildman–Crippen LogP) is 2.95. The maximum Gasteiger partial charge on any atom is 0.137 e. The lowest BCUT2D eigenvalue weighted by atomic mass is 10.0. The quantitative estimate of drug-likeness (QED) is 0.886. The van der Waals surface area contributed by atoms with E-state index in [1.807, 2.05) is 6.92 Å². The van der Waals surface area contributed by atoms with Crippen LogP contribution in [0.1, 0.15) is 50.9 Å². The first-order chi connectivity index (χ1) is 9.15. The second-order valence-corrected chi connectivity index (χ2v) is 5.61. The van der Waals surface area contributed by atoms with Gasteiger partial charge in [0.25, 0.3) is 0 Å². The summed E-state index contributed by atoms with van der Waals surface area (Å²) in [5, 5.41) is 0. The predicted molar refractivity (Wildman–Crippen MR) is 80.4 cm³/mol. The van der Waals surface area contributed by atoms with Crippen molar-refractivity contribution < 1.29 is 0 Å². The smallest absolute Gasteiger partial charge is 0.137 e. The third-order valence-electron chi connectivity index (χ3n) is 3.96. The van der Waals surface area contributed by atoms with Gasteiger partial charge < -0.3 is 10.6 Å². The third-order valence-corrected chi connectivity index (χ3v) is 3.96. The second-order valence-electron chi connectivity index (χ2n) is 5.61. The van der Waals surface area contributed by atoms with Crippen molar-refractivity contribution in [3.05, 3.63) is 11.4 Å². The van der Waals surface area contributed by atoms with Gasteiger partial charge in [-0.15, -0.1) is 0 Å². The van der Waals surface area contributed by atoms with Crippen LogP contribution in [0.2, 0.25) is 0 Å². The fraction of sp³-hybridized carbons (Fsp3) is 0.733. The molecule has 2 heterocycles. The molecule has 1 unspecified atom stereocenters.